The maximum absolute atomic E-state index is 10.9. The second-order valence-corrected chi connectivity index (χ2v) is 2.47. The van der Waals surface area contributed by atoms with Crippen LogP contribution in [0.3, 0.4) is 0 Å². The van der Waals surface area contributed by atoms with Gasteiger partial charge in [-0.15, -0.1) is 6.58 Å². The highest BCUT2D eigenvalue weighted by Gasteiger charge is 2.24. The summed E-state index contributed by atoms with van der Waals surface area (Å²) in [4.78, 5) is 10.9. The van der Waals surface area contributed by atoms with Crippen LogP contribution in [-0.4, -0.2) is 18.5 Å². The molecule has 1 fully saturated rings. The molecule has 1 rings (SSSR count). The average molecular weight is 140 g/mol. The van der Waals surface area contributed by atoms with Crippen molar-refractivity contribution in [1.82, 2.24) is 0 Å². The zero-order valence-electron chi connectivity index (χ0n) is 6.01. The molecule has 0 aromatic carbocycles. The second kappa shape index (κ2) is 3.52. The predicted octanol–water partition coefficient (Wildman–Crippen LogP) is 1.31. The predicted molar refractivity (Wildman–Crippen MR) is 38.8 cm³/mol. The van der Waals surface area contributed by atoms with Crippen LogP contribution in [0.1, 0.15) is 19.3 Å². The lowest BCUT2D eigenvalue weighted by Gasteiger charge is -2.05. The van der Waals surface area contributed by atoms with Crippen LogP contribution in [0.4, 0.5) is 0 Å². The van der Waals surface area contributed by atoms with Gasteiger partial charge in [-0.1, -0.05) is 6.08 Å². The normalized spacial score (nSPS) is 25.2. The van der Waals surface area contributed by atoms with Crippen molar-refractivity contribution in [2.75, 3.05) is 6.61 Å². The molecular weight excluding hydrogens is 128 g/mol. The van der Waals surface area contributed by atoms with Crippen LogP contribution < -0.4 is 0 Å². The molecule has 56 valence electrons. The summed E-state index contributed by atoms with van der Waals surface area (Å²) in [5.74, 6) is 0.252. The molecule has 0 spiro atoms. The highest BCUT2D eigenvalue weighted by Crippen LogP contribution is 2.17. The zero-order chi connectivity index (χ0) is 7.40. The van der Waals surface area contributed by atoms with Gasteiger partial charge in [0.15, 0.2) is 5.78 Å². The topological polar surface area (TPSA) is 26.3 Å². The van der Waals surface area contributed by atoms with Crippen LogP contribution in [0.2, 0.25) is 0 Å². The standard InChI is InChI=1S/C8H12O2/c1-2-6-10-8-5-3-4-7(8)9/h2,8H,1,3-6H2. The lowest BCUT2D eigenvalue weighted by molar-refractivity contribution is -0.126. The van der Waals surface area contributed by atoms with Crippen molar-refractivity contribution in [3.63, 3.8) is 0 Å². The zero-order valence-corrected chi connectivity index (χ0v) is 6.01. The van der Waals surface area contributed by atoms with Crippen LogP contribution in [0.5, 0.6) is 0 Å². The van der Waals surface area contributed by atoms with Crippen LogP contribution in [0.25, 0.3) is 0 Å². The molecule has 1 atom stereocenters. The van der Waals surface area contributed by atoms with Gasteiger partial charge in [0.25, 0.3) is 0 Å². The Morgan fingerprint density at radius 3 is 3.10 bits per heavy atom. The molecular formula is C8H12O2. The molecule has 0 N–H and O–H groups in total. The summed E-state index contributed by atoms with van der Waals surface area (Å²) in [7, 11) is 0. The summed E-state index contributed by atoms with van der Waals surface area (Å²) in [6.45, 7) is 4.01. The fraction of sp³-hybridized carbons (Fsp3) is 0.625. The Bertz CT molecular complexity index is 140. The van der Waals surface area contributed by atoms with E-state index in [1.807, 2.05) is 0 Å². The third kappa shape index (κ3) is 1.67. The minimum Gasteiger partial charge on any atom is -0.366 e. The van der Waals surface area contributed by atoms with Gasteiger partial charge in [-0.05, 0) is 12.8 Å². The molecule has 0 saturated heterocycles. The molecule has 0 bridgehead atoms. The van der Waals surface area contributed by atoms with Gasteiger partial charge >= 0.3 is 0 Å². The third-order valence-electron chi connectivity index (χ3n) is 1.66. The largest absolute Gasteiger partial charge is 0.366 e. The summed E-state index contributed by atoms with van der Waals surface area (Å²) in [5.41, 5.74) is 0. The molecule has 10 heavy (non-hydrogen) atoms. The van der Waals surface area contributed by atoms with E-state index in [2.05, 4.69) is 6.58 Å². The van der Waals surface area contributed by atoms with Crippen molar-refractivity contribution < 1.29 is 9.53 Å². The molecule has 1 unspecified atom stereocenters. The number of ether oxygens (including phenoxy) is 1. The van der Waals surface area contributed by atoms with Crippen LogP contribution in [0.15, 0.2) is 12.7 Å². The summed E-state index contributed by atoms with van der Waals surface area (Å²) in [6, 6.07) is 0. The van der Waals surface area contributed by atoms with E-state index >= 15 is 0 Å². The van der Waals surface area contributed by atoms with Crippen molar-refractivity contribution >= 4 is 5.78 Å². The van der Waals surface area contributed by atoms with E-state index in [-0.39, 0.29) is 11.9 Å². The van der Waals surface area contributed by atoms with E-state index in [9.17, 15) is 4.79 Å². The number of hydrogen-bond donors (Lipinski definition) is 0. The van der Waals surface area contributed by atoms with Crippen molar-refractivity contribution in [3.05, 3.63) is 12.7 Å². The fourth-order valence-electron chi connectivity index (χ4n) is 1.14. The quantitative estimate of drug-likeness (QED) is 0.552. The van der Waals surface area contributed by atoms with Gasteiger partial charge in [-0.2, -0.15) is 0 Å². The number of carbonyl (C=O) groups is 1. The first-order valence-corrected chi connectivity index (χ1v) is 3.60. The molecule has 0 radical (unpaired) electrons. The molecule has 2 heteroatoms. The summed E-state index contributed by atoms with van der Waals surface area (Å²) < 4.78 is 5.20. The van der Waals surface area contributed by atoms with Gasteiger partial charge in [-0.25, -0.2) is 0 Å². The van der Waals surface area contributed by atoms with Gasteiger partial charge in [0, 0.05) is 6.42 Å². The minimum absolute atomic E-state index is 0.127. The number of hydrogen-bond acceptors (Lipinski definition) is 2. The maximum Gasteiger partial charge on any atom is 0.161 e. The molecule has 0 aromatic heterocycles. The fourth-order valence-corrected chi connectivity index (χ4v) is 1.14. The van der Waals surface area contributed by atoms with E-state index < -0.39 is 0 Å². The first kappa shape index (κ1) is 7.48. The second-order valence-electron chi connectivity index (χ2n) is 2.47. The van der Waals surface area contributed by atoms with E-state index in [0.717, 1.165) is 12.8 Å². The van der Waals surface area contributed by atoms with Crippen LogP contribution in [0, 0.1) is 0 Å². The molecule has 0 heterocycles. The first-order chi connectivity index (χ1) is 4.84. The summed E-state index contributed by atoms with van der Waals surface area (Å²) >= 11 is 0. The van der Waals surface area contributed by atoms with Crippen LogP contribution >= 0.6 is 0 Å². The van der Waals surface area contributed by atoms with E-state index in [1.54, 1.807) is 6.08 Å². The molecule has 0 aromatic rings. The first-order valence-electron chi connectivity index (χ1n) is 3.60. The Morgan fingerprint density at radius 2 is 2.60 bits per heavy atom. The minimum atomic E-state index is -0.127. The number of ketones is 1. The Labute approximate surface area is 60.9 Å². The smallest absolute Gasteiger partial charge is 0.161 e. The average Bonchev–Trinajstić information content (AvgIpc) is 2.31. The molecule has 0 amide bonds. The third-order valence-corrected chi connectivity index (χ3v) is 1.66. The Morgan fingerprint density at radius 1 is 1.80 bits per heavy atom. The van der Waals surface area contributed by atoms with E-state index in [0.29, 0.717) is 13.0 Å². The number of carbonyl (C=O) groups excluding carboxylic acids is 1. The van der Waals surface area contributed by atoms with Crippen LogP contribution in [-0.2, 0) is 9.53 Å². The maximum atomic E-state index is 10.9. The van der Waals surface area contributed by atoms with Gasteiger partial charge in [0.1, 0.15) is 6.10 Å². The number of rotatable bonds is 3. The van der Waals surface area contributed by atoms with Gasteiger partial charge in [0.2, 0.25) is 0 Å². The number of Topliss-reactive ketones (excluding diaryl/α,β-unsaturated/α-hetero) is 1. The lowest BCUT2D eigenvalue weighted by Crippen LogP contribution is -2.17. The van der Waals surface area contributed by atoms with Gasteiger partial charge in [-0.3, -0.25) is 4.79 Å². The van der Waals surface area contributed by atoms with Crippen molar-refractivity contribution in [2.24, 2.45) is 0 Å². The van der Waals surface area contributed by atoms with Crippen molar-refractivity contribution in [1.29, 1.82) is 0 Å². The molecule has 1 saturated carbocycles. The van der Waals surface area contributed by atoms with Gasteiger partial charge in [0.05, 0.1) is 6.61 Å². The Kier molecular flexibility index (Phi) is 2.63. The SMILES string of the molecule is C=CCOC1CCCC1=O. The molecule has 2 nitrogen and oxygen atoms in total. The highest BCUT2D eigenvalue weighted by molar-refractivity contribution is 5.84. The lowest BCUT2D eigenvalue weighted by atomic mass is 10.3. The molecule has 0 aliphatic heterocycles. The van der Waals surface area contributed by atoms with Gasteiger partial charge < -0.3 is 4.74 Å². The summed E-state index contributed by atoms with van der Waals surface area (Å²) in [5, 5.41) is 0. The van der Waals surface area contributed by atoms with Crippen molar-refractivity contribution in [2.45, 2.75) is 25.4 Å². The molecule has 1 aliphatic rings. The highest BCUT2D eigenvalue weighted by atomic mass is 16.5. The monoisotopic (exact) mass is 140 g/mol. The van der Waals surface area contributed by atoms with E-state index in [1.165, 1.54) is 0 Å². The van der Waals surface area contributed by atoms with Crippen molar-refractivity contribution in [3.8, 4) is 0 Å². The molecule has 1 aliphatic carbocycles. The Balaban J connectivity index is 2.26. The summed E-state index contributed by atoms with van der Waals surface area (Å²) in [6.07, 6.45) is 4.12. The van der Waals surface area contributed by atoms with E-state index in [4.69, 9.17) is 4.74 Å². The Hall–Kier alpha value is -0.630.